The SMILES string of the molecule is CC(=O)O[C@H]1c2ccc(NCc3cccc(-c4c(C)oc5cccnc45)c3C)cc2OC1C. The van der Waals surface area contributed by atoms with Crippen molar-refractivity contribution in [3.8, 4) is 16.9 Å². The Morgan fingerprint density at radius 2 is 2.00 bits per heavy atom. The molecule has 0 saturated heterocycles. The zero-order valence-electron chi connectivity index (χ0n) is 19.1. The fourth-order valence-electron chi connectivity index (χ4n) is 4.54. The van der Waals surface area contributed by atoms with E-state index in [9.17, 15) is 4.79 Å². The molecule has 5 rings (SSSR count). The van der Waals surface area contributed by atoms with Gasteiger partial charge in [0.1, 0.15) is 23.1 Å². The van der Waals surface area contributed by atoms with E-state index in [2.05, 4.69) is 35.4 Å². The number of rotatable bonds is 5. The fourth-order valence-corrected chi connectivity index (χ4v) is 4.54. The summed E-state index contributed by atoms with van der Waals surface area (Å²) in [6.45, 7) is 8.09. The normalized spacial score (nSPS) is 17.0. The lowest BCUT2D eigenvalue weighted by molar-refractivity contribution is -0.149. The smallest absolute Gasteiger partial charge is 0.303 e. The van der Waals surface area contributed by atoms with Crippen LogP contribution in [0.5, 0.6) is 5.75 Å². The van der Waals surface area contributed by atoms with Crippen LogP contribution in [0.2, 0.25) is 0 Å². The predicted octanol–water partition coefficient (Wildman–Crippen LogP) is 6.11. The van der Waals surface area contributed by atoms with E-state index in [0.717, 1.165) is 45.0 Å². The minimum absolute atomic E-state index is 0.209. The zero-order chi connectivity index (χ0) is 23.1. The molecule has 33 heavy (non-hydrogen) atoms. The summed E-state index contributed by atoms with van der Waals surface area (Å²) < 4.78 is 17.3. The van der Waals surface area contributed by atoms with Gasteiger partial charge in [-0.25, -0.2) is 0 Å². The topological polar surface area (TPSA) is 73.6 Å². The van der Waals surface area contributed by atoms with E-state index in [1.54, 1.807) is 6.20 Å². The highest BCUT2D eigenvalue weighted by atomic mass is 16.6. The lowest BCUT2D eigenvalue weighted by Gasteiger charge is -2.14. The number of hydrogen-bond donors (Lipinski definition) is 1. The largest absolute Gasteiger partial charge is 0.486 e. The Labute approximate surface area is 192 Å². The minimum atomic E-state index is -0.368. The molecular weight excluding hydrogens is 416 g/mol. The summed E-state index contributed by atoms with van der Waals surface area (Å²) in [6, 6.07) is 16.1. The molecule has 6 nitrogen and oxygen atoms in total. The minimum Gasteiger partial charge on any atom is -0.486 e. The Balaban J connectivity index is 1.39. The lowest BCUT2D eigenvalue weighted by Crippen LogP contribution is -2.18. The summed E-state index contributed by atoms with van der Waals surface area (Å²) in [5, 5.41) is 3.50. The second kappa shape index (κ2) is 8.28. The Morgan fingerprint density at radius 1 is 1.15 bits per heavy atom. The molecule has 1 unspecified atom stereocenters. The maximum atomic E-state index is 11.4. The van der Waals surface area contributed by atoms with E-state index in [1.165, 1.54) is 18.1 Å². The third-order valence-corrected chi connectivity index (χ3v) is 6.17. The van der Waals surface area contributed by atoms with Crippen molar-refractivity contribution in [3.05, 3.63) is 77.2 Å². The average molecular weight is 443 g/mol. The molecule has 1 aliphatic heterocycles. The first-order valence-corrected chi connectivity index (χ1v) is 11.1. The Kier molecular flexibility index (Phi) is 5.29. The molecule has 0 spiro atoms. The van der Waals surface area contributed by atoms with Crippen LogP contribution in [0.4, 0.5) is 5.69 Å². The molecule has 0 bridgehead atoms. The molecule has 0 saturated carbocycles. The monoisotopic (exact) mass is 442 g/mol. The van der Waals surface area contributed by atoms with Crippen molar-refractivity contribution in [2.45, 2.75) is 46.4 Å². The van der Waals surface area contributed by atoms with Gasteiger partial charge in [0.2, 0.25) is 0 Å². The number of aryl methyl sites for hydroxylation is 1. The lowest BCUT2D eigenvalue weighted by atomic mass is 9.96. The van der Waals surface area contributed by atoms with Gasteiger partial charge in [-0.05, 0) is 61.7 Å². The first kappa shape index (κ1) is 21.1. The summed E-state index contributed by atoms with van der Waals surface area (Å²) in [6.07, 6.45) is 1.22. The van der Waals surface area contributed by atoms with Gasteiger partial charge in [0.25, 0.3) is 0 Å². The number of anilines is 1. The first-order valence-electron chi connectivity index (χ1n) is 11.1. The Morgan fingerprint density at radius 3 is 2.82 bits per heavy atom. The number of ether oxygens (including phenoxy) is 2. The number of hydrogen-bond acceptors (Lipinski definition) is 6. The van der Waals surface area contributed by atoms with Crippen molar-refractivity contribution in [1.82, 2.24) is 4.98 Å². The number of pyridine rings is 1. The number of furan rings is 1. The van der Waals surface area contributed by atoms with Crippen molar-refractivity contribution >= 4 is 22.8 Å². The molecule has 1 N–H and O–H groups in total. The van der Waals surface area contributed by atoms with Crippen LogP contribution in [0.15, 0.2) is 59.1 Å². The van der Waals surface area contributed by atoms with Crippen LogP contribution in [0.25, 0.3) is 22.2 Å². The molecule has 168 valence electrons. The number of nitrogens with zero attached hydrogens (tertiary/aromatic N) is 1. The van der Waals surface area contributed by atoms with Crippen LogP contribution >= 0.6 is 0 Å². The first-order chi connectivity index (χ1) is 15.9. The molecule has 0 fully saturated rings. The molecule has 3 heterocycles. The standard InChI is InChI=1S/C27H26N2O4/c1-15-19(7-5-8-21(15)25-16(2)31-23-9-6-12-28-26(23)25)14-29-20-10-11-22-24(13-20)32-17(3)27(22)33-18(4)30/h5-13,17,27,29H,14H2,1-4H3/t17?,27-/m1/s1. The summed E-state index contributed by atoms with van der Waals surface area (Å²) in [4.78, 5) is 16.0. The van der Waals surface area contributed by atoms with Crippen molar-refractivity contribution in [3.63, 3.8) is 0 Å². The van der Waals surface area contributed by atoms with Gasteiger partial charge in [-0.1, -0.05) is 18.2 Å². The van der Waals surface area contributed by atoms with Gasteiger partial charge in [-0.2, -0.15) is 0 Å². The number of fused-ring (bicyclic) bond motifs is 2. The van der Waals surface area contributed by atoms with E-state index in [4.69, 9.17) is 13.9 Å². The number of nitrogens with one attached hydrogen (secondary N) is 1. The van der Waals surface area contributed by atoms with Gasteiger partial charge in [0, 0.05) is 42.5 Å². The highest BCUT2D eigenvalue weighted by molar-refractivity contribution is 5.93. The van der Waals surface area contributed by atoms with Gasteiger partial charge < -0.3 is 19.2 Å². The summed E-state index contributed by atoms with van der Waals surface area (Å²) in [7, 11) is 0. The highest BCUT2D eigenvalue weighted by Crippen LogP contribution is 2.41. The van der Waals surface area contributed by atoms with Gasteiger partial charge in [0.15, 0.2) is 11.7 Å². The molecule has 2 atom stereocenters. The van der Waals surface area contributed by atoms with E-state index in [-0.39, 0.29) is 18.2 Å². The Hall–Kier alpha value is -3.80. The predicted molar refractivity (Wildman–Crippen MR) is 127 cm³/mol. The molecule has 0 radical (unpaired) electrons. The van der Waals surface area contributed by atoms with E-state index in [1.807, 2.05) is 44.2 Å². The quantitative estimate of drug-likeness (QED) is 0.376. The van der Waals surface area contributed by atoms with Gasteiger partial charge in [0.05, 0.1) is 0 Å². The van der Waals surface area contributed by atoms with E-state index in [0.29, 0.717) is 6.54 Å². The molecule has 1 aliphatic rings. The Bertz CT molecular complexity index is 1360. The average Bonchev–Trinajstić information content (AvgIpc) is 3.28. The maximum absolute atomic E-state index is 11.4. The second-order valence-corrected chi connectivity index (χ2v) is 8.43. The van der Waals surface area contributed by atoms with Crippen LogP contribution in [-0.2, 0) is 16.1 Å². The molecule has 4 aromatic rings. The second-order valence-electron chi connectivity index (χ2n) is 8.43. The number of esters is 1. The van der Waals surface area contributed by atoms with E-state index < -0.39 is 0 Å². The zero-order valence-corrected chi connectivity index (χ0v) is 19.1. The van der Waals surface area contributed by atoms with Crippen LogP contribution in [0.1, 0.15) is 42.4 Å². The number of benzene rings is 2. The molecule has 2 aromatic heterocycles. The van der Waals surface area contributed by atoms with Crippen LogP contribution in [-0.4, -0.2) is 17.1 Å². The molecular formula is C27H26N2O4. The van der Waals surface area contributed by atoms with Crippen molar-refractivity contribution in [1.29, 1.82) is 0 Å². The number of carbonyl (C=O) groups is 1. The molecule has 2 aromatic carbocycles. The van der Waals surface area contributed by atoms with Crippen LogP contribution in [0, 0.1) is 13.8 Å². The third-order valence-electron chi connectivity index (χ3n) is 6.17. The van der Waals surface area contributed by atoms with E-state index >= 15 is 0 Å². The van der Waals surface area contributed by atoms with Crippen molar-refractivity contribution in [2.75, 3.05) is 5.32 Å². The summed E-state index contributed by atoms with van der Waals surface area (Å²) in [5.41, 5.74) is 8.06. The van der Waals surface area contributed by atoms with Crippen LogP contribution in [0.3, 0.4) is 0 Å². The fraction of sp³-hybridized carbons (Fsp3) is 0.259. The summed E-state index contributed by atoms with van der Waals surface area (Å²) >= 11 is 0. The maximum Gasteiger partial charge on any atom is 0.303 e. The number of aromatic nitrogens is 1. The highest BCUT2D eigenvalue weighted by Gasteiger charge is 2.33. The van der Waals surface area contributed by atoms with Crippen molar-refractivity contribution < 1.29 is 18.7 Å². The van der Waals surface area contributed by atoms with Gasteiger partial charge >= 0.3 is 5.97 Å². The number of carbonyl (C=O) groups excluding carboxylic acids is 1. The molecule has 0 aliphatic carbocycles. The van der Waals surface area contributed by atoms with Gasteiger partial charge in [-0.3, -0.25) is 9.78 Å². The summed E-state index contributed by atoms with van der Waals surface area (Å²) in [5.74, 6) is 1.30. The molecule has 0 amide bonds. The van der Waals surface area contributed by atoms with Gasteiger partial charge in [-0.15, -0.1) is 0 Å². The van der Waals surface area contributed by atoms with Crippen LogP contribution < -0.4 is 10.1 Å². The van der Waals surface area contributed by atoms with Crippen molar-refractivity contribution in [2.24, 2.45) is 0 Å². The third kappa shape index (κ3) is 3.82. The molecule has 6 heteroatoms.